The number of hydrogen-bond acceptors (Lipinski definition) is 6. The van der Waals surface area contributed by atoms with Crippen LogP contribution in [-0.4, -0.2) is 54.1 Å². The monoisotopic (exact) mass is 369 g/mol. The van der Waals surface area contributed by atoms with Gasteiger partial charge in [0.2, 0.25) is 11.9 Å². The highest BCUT2D eigenvalue weighted by Crippen LogP contribution is 2.21. The highest BCUT2D eigenvalue weighted by molar-refractivity contribution is 5.76. The number of aryl methyl sites for hydroxylation is 1. The fourth-order valence-electron chi connectivity index (χ4n) is 3.11. The summed E-state index contributed by atoms with van der Waals surface area (Å²) in [6.45, 7) is 6.94. The summed E-state index contributed by atoms with van der Waals surface area (Å²) in [6, 6.07) is 9.64. The molecule has 0 saturated carbocycles. The average molecular weight is 369 g/mol. The van der Waals surface area contributed by atoms with Gasteiger partial charge in [-0.2, -0.15) is 4.98 Å². The lowest BCUT2D eigenvalue weighted by Crippen LogP contribution is -2.49. The molecule has 1 aromatic heterocycles. The Bertz CT molecular complexity index is 770. The Labute approximate surface area is 160 Å². The standard InChI is InChI=1S/C20H27N5O2/c1-4-5-19(26)24-10-12-25(13-11-24)20-21-15(2)14-18(23-20)22-16-6-8-17(27-3)9-7-16/h6-9,14H,4-5,10-13H2,1-3H3,(H,21,22,23). The van der Waals surface area contributed by atoms with Gasteiger partial charge < -0.3 is 19.9 Å². The molecule has 0 radical (unpaired) electrons. The van der Waals surface area contributed by atoms with E-state index in [1.807, 2.05) is 49.1 Å². The van der Waals surface area contributed by atoms with E-state index >= 15 is 0 Å². The molecule has 2 aromatic rings. The average Bonchev–Trinajstić information content (AvgIpc) is 2.68. The summed E-state index contributed by atoms with van der Waals surface area (Å²) >= 11 is 0. The molecule has 1 aliphatic heterocycles. The van der Waals surface area contributed by atoms with Crippen molar-refractivity contribution in [3.63, 3.8) is 0 Å². The van der Waals surface area contributed by atoms with Gasteiger partial charge in [-0.05, 0) is 37.6 Å². The number of anilines is 3. The van der Waals surface area contributed by atoms with Crippen molar-refractivity contribution < 1.29 is 9.53 Å². The van der Waals surface area contributed by atoms with Gasteiger partial charge in [0.15, 0.2) is 0 Å². The number of aromatic nitrogens is 2. The Hall–Kier alpha value is -2.83. The molecule has 0 atom stereocenters. The maximum absolute atomic E-state index is 12.1. The number of piperazine rings is 1. The largest absolute Gasteiger partial charge is 0.497 e. The van der Waals surface area contributed by atoms with Gasteiger partial charge in [0.05, 0.1) is 7.11 Å². The molecule has 0 aliphatic carbocycles. The van der Waals surface area contributed by atoms with E-state index in [0.717, 1.165) is 55.5 Å². The van der Waals surface area contributed by atoms with Gasteiger partial charge in [-0.1, -0.05) is 6.92 Å². The maximum atomic E-state index is 12.1. The van der Waals surface area contributed by atoms with Crippen LogP contribution in [0.5, 0.6) is 5.75 Å². The van der Waals surface area contributed by atoms with Crippen LogP contribution in [0.3, 0.4) is 0 Å². The molecule has 1 N–H and O–H groups in total. The first-order valence-electron chi connectivity index (χ1n) is 9.38. The molecule has 1 aromatic carbocycles. The van der Waals surface area contributed by atoms with Crippen LogP contribution in [0.25, 0.3) is 0 Å². The number of hydrogen-bond donors (Lipinski definition) is 1. The van der Waals surface area contributed by atoms with E-state index < -0.39 is 0 Å². The molecule has 0 bridgehead atoms. The molecule has 27 heavy (non-hydrogen) atoms. The molecular formula is C20H27N5O2. The zero-order valence-corrected chi connectivity index (χ0v) is 16.2. The number of ether oxygens (including phenoxy) is 1. The lowest BCUT2D eigenvalue weighted by molar-refractivity contribution is -0.131. The van der Waals surface area contributed by atoms with Crippen LogP contribution in [0.15, 0.2) is 30.3 Å². The van der Waals surface area contributed by atoms with Crippen LogP contribution >= 0.6 is 0 Å². The van der Waals surface area contributed by atoms with Crippen molar-refractivity contribution in [3.05, 3.63) is 36.0 Å². The van der Waals surface area contributed by atoms with Crippen molar-refractivity contribution in [1.29, 1.82) is 0 Å². The van der Waals surface area contributed by atoms with Crippen molar-refractivity contribution in [1.82, 2.24) is 14.9 Å². The summed E-state index contributed by atoms with van der Waals surface area (Å²) in [6.07, 6.45) is 1.51. The minimum atomic E-state index is 0.240. The van der Waals surface area contributed by atoms with E-state index in [0.29, 0.717) is 12.4 Å². The number of nitrogens with zero attached hydrogens (tertiary/aromatic N) is 4. The second kappa shape index (κ2) is 8.70. The Morgan fingerprint density at radius 2 is 1.85 bits per heavy atom. The quantitative estimate of drug-likeness (QED) is 0.844. The minimum absolute atomic E-state index is 0.240. The van der Waals surface area contributed by atoms with Crippen molar-refractivity contribution in [2.24, 2.45) is 0 Å². The van der Waals surface area contributed by atoms with Crippen molar-refractivity contribution >= 4 is 23.4 Å². The van der Waals surface area contributed by atoms with Gasteiger partial charge in [-0.25, -0.2) is 4.98 Å². The fraction of sp³-hybridized carbons (Fsp3) is 0.450. The lowest BCUT2D eigenvalue weighted by Gasteiger charge is -2.35. The third-order valence-corrected chi connectivity index (χ3v) is 4.58. The third kappa shape index (κ3) is 4.87. The number of nitrogens with one attached hydrogen (secondary N) is 1. The van der Waals surface area contributed by atoms with Gasteiger partial charge >= 0.3 is 0 Å². The Balaban J connectivity index is 1.67. The van der Waals surface area contributed by atoms with Gasteiger partial charge in [0, 0.05) is 50.0 Å². The Kier molecular flexibility index (Phi) is 6.11. The number of rotatable bonds is 6. The SMILES string of the molecule is CCCC(=O)N1CCN(c2nc(C)cc(Nc3ccc(OC)cc3)n2)CC1. The molecule has 0 spiro atoms. The predicted octanol–water partition coefficient (Wildman–Crippen LogP) is 2.99. The lowest BCUT2D eigenvalue weighted by atomic mass is 10.2. The molecule has 1 fully saturated rings. The number of carbonyl (C=O) groups is 1. The van der Waals surface area contributed by atoms with E-state index in [1.165, 1.54) is 0 Å². The van der Waals surface area contributed by atoms with E-state index in [9.17, 15) is 4.79 Å². The predicted molar refractivity (Wildman–Crippen MR) is 107 cm³/mol. The van der Waals surface area contributed by atoms with E-state index in [2.05, 4.69) is 20.2 Å². The van der Waals surface area contributed by atoms with Gasteiger partial charge in [0.1, 0.15) is 11.6 Å². The van der Waals surface area contributed by atoms with Crippen LogP contribution in [-0.2, 0) is 4.79 Å². The summed E-state index contributed by atoms with van der Waals surface area (Å²) in [4.78, 5) is 25.4. The molecule has 3 rings (SSSR count). The normalized spacial score (nSPS) is 14.2. The number of benzene rings is 1. The number of carbonyl (C=O) groups excluding carboxylic acids is 1. The highest BCUT2D eigenvalue weighted by atomic mass is 16.5. The second-order valence-corrected chi connectivity index (χ2v) is 6.67. The molecule has 144 valence electrons. The summed E-state index contributed by atoms with van der Waals surface area (Å²) in [5, 5.41) is 3.32. The van der Waals surface area contributed by atoms with Crippen molar-refractivity contribution in [2.75, 3.05) is 43.5 Å². The number of methoxy groups -OCH3 is 1. The maximum Gasteiger partial charge on any atom is 0.227 e. The van der Waals surface area contributed by atoms with E-state index in [1.54, 1.807) is 7.11 Å². The van der Waals surface area contributed by atoms with Crippen LogP contribution in [0.1, 0.15) is 25.5 Å². The minimum Gasteiger partial charge on any atom is -0.497 e. The van der Waals surface area contributed by atoms with Crippen molar-refractivity contribution in [2.45, 2.75) is 26.7 Å². The van der Waals surface area contributed by atoms with Crippen LogP contribution in [0, 0.1) is 6.92 Å². The van der Waals surface area contributed by atoms with E-state index in [-0.39, 0.29) is 5.91 Å². The molecule has 7 nitrogen and oxygen atoms in total. The molecule has 0 unspecified atom stereocenters. The number of amides is 1. The molecule has 2 heterocycles. The molecular weight excluding hydrogens is 342 g/mol. The Morgan fingerprint density at radius 3 is 2.48 bits per heavy atom. The van der Waals surface area contributed by atoms with Gasteiger partial charge in [-0.15, -0.1) is 0 Å². The van der Waals surface area contributed by atoms with E-state index in [4.69, 9.17) is 4.74 Å². The summed E-state index contributed by atoms with van der Waals surface area (Å²) in [5.41, 5.74) is 1.84. The molecule has 1 amide bonds. The fourth-order valence-corrected chi connectivity index (χ4v) is 3.11. The van der Waals surface area contributed by atoms with Crippen LogP contribution < -0.4 is 15.0 Å². The first kappa shape index (κ1) is 18.9. The van der Waals surface area contributed by atoms with Gasteiger partial charge in [0.25, 0.3) is 0 Å². The van der Waals surface area contributed by atoms with Crippen molar-refractivity contribution in [3.8, 4) is 5.75 Å². The topological polar surface area (TPSA) is 70.6 Å². The van der Waals surface area contributed by atoms with Crippen LogP contribution in [0.2, 0.25) is 0 Å². The van der Waals surface area contributed by atoms with Gasteiger partial charge in [-0.3, -0.25) is 4.79 Å². The van der Waals surface area contributed by atoms with Crippen LogP contribution in [0.4, 0.5) is 17.5 Å². The first-order chi connectivity index (χ1) is 13.1. The second-order valence-electron chi connectivity index (χ2n) is 6.67. The molecule has 1 aliphatic rings. The summed E-state index contributed by atoms with van der Waals surface area (Å²) in [5.74, 6) is 2.51. The smallest absolute Gasteiger partial charge is 0.227 e. The zero-order valence-electron chi connectivity index (χ0n) is 16.2. The zero-order chi connectivity index (χ0) is 19.2. The Morgan fingerprint density at radius 1 is 1.15 bits per heavy atom. The highest BCUT2D eigenvalue weighted by Gasteiger charge is 2.22. The summed E-state index contributed by atoms with van der Waals surface area (Å²) < 4.78 is 5.19. The molecule has 1 saturated heterocycles. The molecule has 7 heteroatoms. The summed E-state index contributed by atoms with van der Waals surface area (Å²) in [7, 11) is 1.65. The first-order valence-corrected chi connectivity index (χ1v) is 9.38. The third-order valence-electron chi connectivity index (χ3n) is 4.58.